The molecule has 0 saturated carbocycles. The van der Waals surface area contributed by atoms with Crippen molar-refractivity contribution in [2.45, 2.75) is 288 Å². The Bertz CT molecular complexity index is 1090. The SMILES string of the molecule is CCCCCC/C=C\C/C=C\CCCCCCCCOCC(COC1OC(CO)C(O)C(O)C1O)OC(=O)CCCCCCCCCCCCCCC/C=C\CCCCCCCCCC. The second kappa shape index (κ2) is 47.5. The molecule has 1 aliphatic rings. The number of aliphatic hydroxyl groups is 4. The van der Waals surface area contributed by atoms with Crippen LogP contribution in [0.3, 0.4) is 0 Å². The van der Waals surface area contributed by atoms with Gasteiger partial charge in [0.15, 0.2) is 6.29 Å². The average Bonchev–Trinajstić information content (AvgIpc) is 3.31. The van der Waals surface area contributed by atoms with Crippen LogP contribution in [0.4, 0.5) is 0 Å². The molecule has 6 atom stereocenters. The lowest BCUT2D eigenvalue weighted by atomic mass is 9.99. The summed E-state index contributed by atoms with van der Waals surface area (Å²) >= 11 is 0. The summed E-state index contributed by atoms with van der Waals surface area (Å²) in [7, 11) is 0. The van der Waals surface area contributed by atoms with Crippen LogP contribution in [0.2, 0.25) is 0 Å². The summed E-state index contributed by atoms with van der Waals surface area (Å²) in [5.41, 5.74) is 0. The molecule has 0 aromatic heterocycles. The minimum Gasteiger partial charge on any atom is -0.457 e. The van der Waals surface area contributed by atoms with Crippen LogP contribution < -0.4 is 0 Å². The zero-order chi connectivity index (χ0) is 47.1. The van der Waals surface area contributed by atoms with Crippen molar-refractivity contribution in [3.05, 3.63) is 36.5 Å². The molecular formula is C56H104O9. The van der Waals surface area contributed by atoms with Crippen LogP contribution in [0.15, 0.2) is 36.5 Å². The van der Waals surface area contributed by atoms with Gasteiger partial charge in [-0.25, -0.2) is 0 Å². The van der Waals surface area contributed by atoms with E-state index >= 15 is 0 Å². The van der Waals surface area contributed by atoms with Gasteiger partial charge in [0.25, 0.3) is 0 Å². The van der Waals surface area contributed by atoms with Gasteiger partial charge in [0.2, 0.25) is 0 Å². The van der Waals surface area contributed by atoms with Gasteiger partial charge in [0.1, 0.15) is 30.5 Å². The van der Waals surface area contributed by atoms with Gasteiger partial charge in [-0.3, -0.25) is 4.79 Å². The van der Waals surface area contributed by atoms with Crippen molar-refractivity contribution < 1.29 is 44.2 Å². The number of esters is 1. The van der Waals surface area contributed by atoms with Crippen molar-refractivity contribution in [3.8, 4) is 0 Å². The van der Waals surface area contributed by atoms with Crippen molar-refractivity contribution in [2.75, 3.05) is 26.4 Å². The summed E-state index contributed by atoms with van der Waals surface area (Å²) < 4.78 is 22.9. The number of unbranched alkanes of at least 4 members (excludes halogenated alkanes) is 31. The fraction of sp³-hybridized carbons (Fsp3) is 0.875. The predicted octanol–water partition coefficient (Wildman–Crippen LogP) is 13.9. The Labute approximate surface area is 400 Å². The van der Waals surface area contributed by atoms with Gasteiger partial charge < -0.3 is 39.4 Å². The summed E-state index contributed by atoms with van der Waals surface area (Å²) in [6.45, 7) is 4.55. The molecule has 65 heavy (non-hydrogen) atoms. The van der Waals surface area contributed by atoms with Gasteiger partial charge in [-0.1, -0.05) is 211 Å². The number of allylic oxidation sites excluding steroid dienone is 6. The summed E-state index contributed by atoms with van der Waals surface area (Å²) in [6.07, 6.45) is 51.9. The van der Waals surface area contributed by atoms with Crippen molar-refractivity contribution in [1.82, 2.24) is 0 Å². The molecule has 1 fully saturated rings. The molecule has 1 rings (SSSR count). The van der Waals surface area contributed by atoms with E-state index in [1.54, 1.807) is 0 Å². The molecule has 9 nitrogen and oxygen atoms in total. The molecule has 0 aliphatic carbocycles. The summed E-state index contributed by atoms with van der Waals surface area (Å²) in [5, 5.41) is 40.3. The van der Waals surface area contributed by atoms with E-state index in [0.29, 0.717) is 13.0 Å². The molecule has 0 aromatic rings. The maximum absolute atomic E-state index is 12.9. The first kappa shape index (κ1) is 61.4. The van der Waals surface area contributed by atoms with Gasteiger partial charge in [-0.05, 0) is 70.6 Å². The van der Waals surface area contributed by atoms with E-state index in [1.807, 2.05) is 0 Å². The number of carbonyl (C=O) groups is 1. The maximum Gasteiger partial charge on any atom is 0.306 e. The Morgan fingerprint density at radius 3 is 1.35 bits per heavy atom. The highest BCUT2D eigenvalue weighted by atomic mass is 16.7. The van der Waals surface area contributed by atoms with E-state index in [-0.39, 0.29) is 19.2 Å². The van der Waals surface area contributed by atoms with Crippen molar-refractivity contribution >= 4 is 5.97 Å². The van der Waals surface area contributed by atoms with Gasteiger partial charge in [-0.15, -0.1) is 0 Å². The first-order valence-corrected chi connectivity index (χ1v) is 27.6. The van der Waals surface area contributed by atoms with Gasteiger partial charge in [0.05, 0.1) is 19.8 Å². The second-order valence-electron chi connectivity index (χ2n) is 19.0. The largest absolute Gasteiger partial charge is 0.457 e. The fourth-order valence-corrected chi connectivity index (χ4v) is 8.46. The standard InChI is InChI=1S/C56H104O9/c1-3-5-7-9-11-13-15-17-19-21-22-23-24-25-26-27-28-29-31-33-35-37-39-41-43-45-52(58)64-50(49-63-56-55(61)54(60)53(59)51(47-57)65-56)48-62-46-44-42-40-38-36-34-32-30-20-18-16-14-12-10-8-6-4-2/h14,16,20-22,30,50-51,53-57,59-61H,3-13,15,17-19,23-29,31-49H2,1-2H3/b16-14-,22-21-,30-20-. The number of ether oxygens (including phenoxy) is 4. The highest BCUT2D eigenvalue weighted by Gasteiger charge is 2.44. The van der Waals surface area contributed by atoms with Gasteiger partial charge >= 0.3 is 5.97 Å². The third kappa shape index (κ3) is 38.0. The lowest BCUT2D eigenvalue weighted by Crippen LogP contribution is -2.59. The number of rotatable bonds is 48. The van der Waals surface area contributed by atoms with E-state index in [2.05, 4.69) is 50.3 Å². The summed E-state index contributed by atoms with van der Waals surface area (Å²) in [5.74, 6) is -0.314. The quantitative estimate of drug-likeness (QED) is 0.0267. The van der Waals surface area contributed by atoms with E-state index in [0.717, 1.165) is 51.4 Å². The topological polar surface area (TPSA) is 135 Å². The zero-order valence-corrected chi connectivity index (χ0v) is 42.2. The van der Waals surface area contributed by atoms with Crippen LogP contribution in [0, 0.1) is 0 Å². The average molecular weight is 921 g/mol. The van der Waals surface area contributed by atoms with Crippen LogP contribution in [0.1, 0.15) is 251 Å². The van der Waals surface area contributed by atoms with E-state index in [9.17, 15) is 25.2 Å². The van der Waals surface area contributed by atoms with Crippen molar-refractivity contribution in [3.63, 3.8) is 0 Å². The maximum atomic E-state index is 12.9. The molecule has 1 heterocycles. The molecule has 6 unspecified atom stereocenters. The Balaban J connectivity index is 2.16. The molecule has 0 radical (unpaired) electrons. The predicted molar refractivity (Wildman–Crippen MR) is 270 cm³/mol. The van der Waals surface area contributed by atoms with Crippen molar-refractivity contribution in [2.24, 2.45) is 0 Å². The third-order valence-corrected chi connectivity index (χ3v) is 12.8. The smallest absolute Gasteiger partial charge is 0.306 e. The van der Waals surface area contributed by atoms with Gasteiger partial charge in [0, 0.05) is 13.0 Å². The van der Waals surface area contributed by atoms with Crippen LogP contribution in [0.25, 0.3) is 0 Å². The van der Waals surface area contributed by atoms with E-state index in [1.165, 1.54) is 180 Å². The molecule has 0 amide bonds. The first-order chi connectivity index (χ1) is 31.9. The molecule has 9 heteroatoms. The summed E-state index contributed by atoms with van der Waals surface area (Å²) in [6, 6.07) is 0. The molecule has 0 spiro atoms. The summed E-state index contributed by atoms with van der Waals surface area (Å²) in [4.78, 5) is 12.9. The van der Waals surface area contributed by atoms with E-state index < -0.39 is 43.4 Å². The number of hydrogen-bond acceptors (Lipinski definition) is 9. The zero-order valence-electron chi connectivity index (χ0n) is 42.2. The fourth-order valence-electron chi connectivity index (χ4n) is 8.46. The molecule has 0 aromatic carbocycles. The Morgan fingerprint density at radius 1 is 0.492 bits per heavy atom. The Hall–Kier alpha value is -1.59. The van der Waals surface area contributed by atoms with Crippen LogP contribution in [-0.2, 0) is 23.7 Å². The first-order valence-electron chi connectivity index (χ1n) is 27.6. The van der Waals surface area contributed by atoms with Crippen molar-refractivity contribution in [1.29, 1.82) is 0 Å². The van der Waals surface area contributed by atoms with Gasteiger partial charge in [-0.2, -0.15) is 0 Å². The molecule has 4 N–H and O–H groups in total. The van der Waals surface area contributed by atoms with E-state index in [4.69, 9.17) is 18.9 Å². The van der Waals surface area contributed by atoms with Crippen LogP contribution >= 0.6 is 0 Å². The lowest BCUT2D eigenvalue weighted by molar-refractivity contribution is -0.305. The lowest BCUT2D eigenvalue weighted by Gasteiger charge is -2.39. The molecule has 382 valence electrons. The van der Waals surface area contributed by atoms with Crippen LogP contribution in [-0.4, -0.2) is 89.6 Å². The third-order valence-electron chi connectivity index (χ3n) is 12.8. The normalized spacial score (nSPS) is 19.6. The number of carbonyl (C=O) groups excluding carboxylic acids is 1. The number of aliphatic hydroxyl groups excluding tert-OH is 4. The minimum atomic E-state index is -1.54. The minimum absolute atomic E-state index is 0.116. The number of hydrogen-bond donors (Lipinski definition) is 4. The second-order valence-corrected chi connectivity index (χ2v) is 19.0. The van der Waals surface area contributed by atoms with Crippen LogP contribution in [0.5, 0.6) is 0 Å². The monoisotopic (exact) mass is 921 g/mol. The molecule has 0 bridgehead atoms. The molecular weight excluding hydrogens is 817 g/mol. The Morgan fingerprint density at radius 2 is 0.892 bits per heavy atom. The highest BCUT2D eigenvalue weighted by Crippen LogP contribution is 2.23. The highest BCUT2D eigenvalue weighted by molar-refractivity contribution is 5.69. The Kier molecular flexibility index (Phi) is 44.9. The molecule has 1 aliphatic heterocycles. The molecule has 1 saturated heterocycles.